The van der Waals surface area contributed by atoms with Gasteiger partial charge in [-0.2, -0.15) is 0 Å². The van der Waals surface area contributed by atoms with E-state index in [9.17, 15) is 0 Å². The first-order valence-corrected chi connectivity index (χ1v) is 5.73. The predicted octanol–water partition coefficient (Wildman–Crippen LogP) is 1.97. The number of para-hydroxylation sites is 1. The first-order valence-electron chi connectivity index (χ1n) is 5.73. The number of hydrogen-bond donors (Lipinski definition) is 1. The first-order chi connectivity index (χ1) is 7.52. The van der Waals surface area contributed by atoms with E-state index in [0.29, 0.717) is 0 Å². The molecule has 0 unspecified atom stereocenters. The Morgan fingerprint density at radius 2 is 1.81 bits per heavy atom. The van der Waals surface area contributed by atoms with Crippen LogP contribution >= 0.6 is 0 Å². The van der Waals surface area contributed by atoms with E-state index in [4.69, 9.17) is 5.73 Å². The molecule has 0 aliphatic carbocycles. The monoisotopic (exact) mass is 221 g/mol. The van der Waals surface area contributed by atoms with Crippen molar-refractivity contribution < 1.29 is 0 Å². The zero-order valence-corrected chi connectivity index (χ0v) is 10.8. The van der Waals surface area contributed by atoms with Crippen LogP contribution in [-0.4, -0.2) is 39.1 Å². The lowest BCUT2D eigenvalue weighted by molar-refractivity contribution is 0.401. The maximum Gasteiger partial charge on any atom is 0.0627 e. The summed E-state index contributed by atoms with van der Waals surface area (Å²) in [5, 5.41) is 0. The third-order valence-electron chi connectivity index (χ3n) is 2.75. The van der Waals surface area contributed by atoms with Crippen LogP contribution in [0.2, 0.25) is 0 Å². The largest absolute Gasteiger partial charge is 0.397 e. The number of benzene rings is 1. The average Bonchev–Trinajstić information content (AvgIpc) is 2.16. The van der Waals surface area contributed by atoms with E-state index in [-0.39, 0.29) is 0 Å². The molecule has 1 aromatic rings. The number of nitrogens with two attached hydrogens (primary N) is 1. The van der Waals surface area contributed by atoms with Crippen molar-refractivity contribution in [2.75, 3.05) is 44.9 Å². The minimum Gasteiger partial charge on any atom is -0.397 e. The van der Waals surface area contributed by atoms with Crippen LogP contribution in [0.4, 0.5) is 11.4 Å². The Labute approximate surface area is 98.8 Å². The highest BCUT2D eigenvalue weighted by Crippen LogP contribution is 2.26. The summed E-state index contributed by atoms with van der Waals surface area (Å²) in [6.07, 6.45) is 1.15. The number of aryl methyl sites for hydroxylation is 1. The lowest BCUT2D eigenvalue weighted by Gasteiger charge is -2.23. The lowest BCUT2D eigenvalue weighted by atomic mass is 10.1. The Morgan fingerprint density at radius 1 is 1.12 bits per heavy atom. The topological polar surface area (TPSA) is 32.5 Å². The van der Waals surface area contributed by atoms with Gasteiger partial charge < -0.3 is 15.5 Å². The van der Waals surface area contributed by atoms with Gasteiger partial charge in [0, 0.05) is 13.6 Å². The molecular formula is C13H23N3. The van der Waals surface area contributed by atoms with E-state index >= 15 is 0 Å². The summed E-state index contributed by atoms with van der Waals surface area (Å²) in [4.78, 5) is 4.45. The molecule has 0 amide bonds. The fourth-order valence-electron chi connectivity index (χ4n) is 1.94. The van der Waals surface area contributed by atoms with E-state index < -0.39 is 0 Å². The van der Waals surface area contributed by atoms with Gasteiger partial charge in [0.15, 0.2) is 0 Å². The molecule has 2 N–H and O–H groups in total. The Kier molecular flexibility index (Phi) is 4.62. The van der Waals surface area contributed by atoms with Crippen LogP contribution in [0.15, 0.2) is 18.2 Å². The maximum absolute atomic E-state index is 6.00. The van der Waals surface area contributed by atoms with E-state index in [1.54, 1.807) is 0 Å². The predicted molar refractivity (Wildman–Crippen MR) is 72.0 cm³/mol. The summed E-state index contributed by atoms with van der Waals surface area (Å²) in [6.45, 7) is 4.25. The second kappa shape index (κ2) is 5.75. The molecule has 3 heteroatoms. The zero-order chi connectivity index (χ0) is 12.1. The highest BCUT2D eigenvalue weighted by Gasteiger charge is 2.07. The van der Waals surface area contributed by atoms with Gasteiger partial charge >= 0.3 is 0 Å². The average molecular weight is 221 g/mol. The van der Waals surface area contributed by atoms with Crippen LogP contribution in [-0.2, 0) is 0 Å². The molecule has 0 saturated heterocycles. The van der Waals surface area contributed by atoms with Gasteiger partial charge in [0.1, 0.15) is 0 Å². The fraction of sp³-hybridized carbons (Fsp3) is 0.538. The van der Waals surface area contributed by atoms with E-state index in [2.05, 4.69) is 43.9 Å². The normalized spacial score (nSPS) is 10.8. The molecule has 90 valence electrons. The number of nitrogens with zero attached hydrogens (tertiary/aromatic N) is 2. The van der Waals surface area contributed by atoms with Crippen molar-refractivity contribution in [3.8, 4) is 0 Å². The van der Waals surface area contributed by atoms with Crippen LogP contribution in [0.1, 0.15) is 12.0 Å². The van der Waals surface area contributed by atoms with Gasteiger partial charge in [0.05, 0.1) is 11.4 Å². The van der Waals surface area contributed by atoms with Crippen molar-refractivity contribution in [2.45, 2.75) is 13.3 Å². The van der Waals surface area contributed by atoms with Gasteiger partial charge in [-0.1, -0.05) is 12.1 Å². The molecule has 0 aliphatic heterocycles. The van der Waals surface area contributed by atoms with E-state index in [1.807, 2.05) is 12.1 Å². The van der Waals surface area contributed by atoms with Gasteiger partial charge in [-0.05, 0) is 45.6 Å². The summed E-state index contributed by atoms with van der Waals surface area (Å²) >= 11 is 0. The Bertz CT molecular complexity index is 314. The van der Waals surface area contributed by atoms with Gasteiger partial charge in [-0.15, -0.1) is 0 Å². The van der Waals surface area contributed by atoms with E-state index in [0.717, 1.165) is 25.2 Å². The molecule has 0 saturated carbocycles. The third-order valence-corrected chi connectivity index (χ3v) is 2.75. The molecule has 0 aliphatic rings. The molecule has 0 spiro atoms. The molecule has 0 bridgehead atoms. The second-order valence-corrected chi connectivity index (χ2v) is 4.59. The molecule has 0 aromatic heterocycles. The summed E-state index contributed by atoms with van der Waals surface area (Å²) in [7, 11) is 6.30. The summed E-state index contributed by atoms with van der Waals surface area (Å²) in [6, 6.07) is 6.07. The Hall–Kier alpha value is -1.22. The van der Waals surface area contributed by atoms with Crippen molar-refractivity contribution in [1.29, 1.82) is 0 Å². The van der Waals surface area contributed by atoms with Crippen LogP contribution in [0.5, 0.6) is 0 Å². The molecule has 1 rings (SSSR count). The molecule has 0 fully saturated rings. The zero-order valence-electron chi connectivity index (χ0n) is 10.8. The summed E-state index contributed by atoms with van der Waals surface area (Å²) in [5.41, 5.74) is 9.28. The molecule has 0 atom stereocenters. The van der Waals surface area contributed by atoms with Gasteiger partial charge in [0.25, 0.3) is 0 Å². The minimum atomic E-state index is 0.868. The highest BCUT2D eigenvalue weighted by atomic mass is 15.1. The Balaban J connectivity index is 2.62. The minimum absolute atomic E-state index is 0.868. The highest BCUT2D eigenvalue weighted by molar-refractivity contribution is 5.70. The lowest BCUT2D eigenvalue weighted by Crippen LogP contribution is -2.24. The number of anilines is 2. The van der Waals surface area contributed by atoms with E-state index in [1.165, 1.54) is 11.3 Å². The van der Waals surface area contributed by atoms with Crippen molar-refractivity contribution in [2.24, 2.45) is 0 Å². The molecular weight excluding hydrogens is 198 g/mol. The molecule has 0 radical (unpaired) electrons. The van der Waals surface area contributed by atoms with Crippen LogP contribution in [0.3, 0.4) is 0 Å². The first kappa shape index (κ1) is 12.8. The maximum atomic E-state index is 6.00. The second-order valence-electron chi connectivity index (χ2n) is 4.59. The van der Waals surface area contributed by atoms with Crippen molar-refractivity contribution >= 4 is 11.4 Å². The summed E-state index contributed by atoms with van der Waals surface area (Å²) in [5.74, 6) is 0. The van der Waals surface area contributed by atoms with Gasteiger partial charge in [-0.3, -0.25) is 0 Å². The smallest absolute Gasteiger partial charge is 0.0627 e. The van der Waals surface area contributed by atoms with Crippen molar-refractivity contribution in [3.63, 3.8) is 0 Å². The fourth-order valence-corrected chi connectivity index (χ4v) is 1.94. The van der Waals surface area contributed by atoms with Gasteiger partial charge in [-0.25, -0.2) is 0 Å². The van der Waals surface area contributed by atoms with Crippen LogP contribution in [0, 0.1) is 6.92 Å². The molecule has 0 heterocycles. The third kappa shape index (κ3) is 3.42. The standard InChI is InChI=1S/C13H23N3/c1-11-7-5-8-12(14)13(11)16(4)10-6-9-15(2)3/h5,7-8H,6,9-10,14H2,1-4H3. The Morgan fingerprint density at radius 3 is 2.38 bits per heavy atom. The van der Waals surface area contributed by atoms with Crippen molar-refractivity contribution in [3.05, 3.63) is 23.8 Å². The van der Waals surface area contributed by atoms with Crippen LogP contribution in [0.25, 0.3) is 0 Å². The number of hydrogen-bond acceptors (Lipinski definition) is 3. The number of nitrogen functional groups attached to an aromatic ring is 1. The summed E-state index contributed by atoms with van der Waals surface area (Å²) < 4.78 is 0. The molecule has 16 heavy (non-hydrogen) atoms. The number of rotatable bonds is 5. The quantitative estimate of drug-likeness (QED) is 0.772. The SMILES string of the molecule is Cc1cccc(N)c1N(C)CCCN(C)C. The van der Waals surface area contributed by atoms with Gasteiger partial charge in [0.2, 0.25) is 0 Å². The van der Waals surface area contributed by atoms with Crippen LogP contribution < -0.4 is 10.6 Å². The molecule has 3 nitrogen and oxygen atoms in total. The molecule has 1 aromatic carbocycles. The van der Waals surface area contributed by atoms with Crippen molar-refractivity contribution in [1.82, 2.24) is 4.90 Å².